The van der Waals surface area contributed by atoms with Crippen LogP contribution < -0.4 is 9.64 Å². The molecule has 0 aromatic heterocycles. The van der Waals surface area contributed by atoms with E-state index in [4.69, 9.17) is 9.47 Å². The van der Waals surface area contributed by atoms with Crippen LogP contribution in [-0.4, -0.2) is 50.3 Å². The van der Waals surface area contributed by atoms with Crippen LogP contribution >= 0.6 is 0 Å². The van der Waals surface area contributed by atoms with Gasteiger partial charge in [-0.25, -0.2) is 9.18 Å². The molecule has 1 atom stereocenters. The van der Waals surface area contributed by atoms with E-state index < -0.39 is 11.9 Å². The van der Waals surface area contributed by atoms with E-state index in [1.807, 2.05) is 13.8 Å². The molecule has 1 aromatic rings. The number of carbonyl (C=O) groups is 2. The molecule has 0 N–H and O–H groups in total. The van der Waals surface area contributed by atoms with Crippen LogP contribution in [0.4, 0.5) is 14.9 Å². The summed E-state index contributed by atoms with van der Waals surface area (Å²) in [5, 5.41) is 0. The number of benzene rings is 1. The Morgan fingerprint density at radius 2 is 2.04 bits per heavy atom. The van der Waals surface area contributed by atoms with Crippen molar-refractivity contribution in [2.75, 3.05) is 32.2 Å². The fraction of sp³-hybridized carbons (Fsp3) is 0.556. The number of hydrogen-bond donors (Lipinski definition) is 0. The Balaban J connectivity index is 2.23. The first-order valence-electron chi connectivity index (χ1n) is 8.38. The lowest BCUT2D eigenvalue weighted by molar-refractivity contribution is -0.124. The first-order chi connectivity index (χ1) is 11.9. The number of likely N-dealkylation sites (tertiary alicyclic amines) is 1. The van der Waals surface area contributed by atoms with E-state index in [1.54, 1.807) is 15.9 Å². The SMILES string of the molecule is COC(=O)N1CCCC(C(=O)N(c2ccc(OC)c(F)c2)C(C)C)C1. The number of piperidine rings is 1. The van der Waals surface area contributed by atoms with Gasteiger partial charge < -0.3 is 19.3 Å². The summed E-state index contributed by atoms with van der Waals surface area (Å²) in [7, 11) is 2.72. The maximum absolute atomic E-state index is 14.1. The van der Waals surface area contributed by atoms with Gasteiger partial charge in [-0.15, -0.1) is 0 Å². The molecule has 2 amide bonds. The van der Waals surface area contributed by atoms with E-state index in [2.05, 4.69) is 0 Å². The average molecular weight is 352 g/mol. The molecule has 0 bridgehead atoms. The molecule has 0 spiro atoms. The van der Waals surface area contributed by atoms with E-state index in [1.165, 1.54) is 26.4 Å². The zero-order chi connectivity index (χ0) is 18.6. The number of methoxy groups -OCH3 is 2. The van der Waals surface area contributed by atoms with Gasteiger partial charge in [0.25, 0.3) is 0 Å². The van der Waals surface area contributed by atoms with E-state index >= 15 is 0 Å². The summed E-state index contributed by atoms with van der Waals surface area (Å²) >= 11 is 0. The maximum Gasteiger partial charge on any atom is 0.409 e. The molecule has 6 nitrogen and oxygen atoms in total. The standard InChI is InChI=1S/C18H25FN2O4/c1-12(2)21(14-7-8-16(24-3)15(19)10-14)17(22)13-6-5-9-20(11-13)18(23)25-4/h7-8,10,12-13H,5-6,9,11H2,1-4H3. The number of ether oxygens (including phenoxy) is 2. The molecule has 1 aliphatic rings. The third-order valence-corrected chi connectivity index (χ3v) is 4.37. The van der Waals surface area contributed by atoms with Gasteiger partial charge in [0.1, 0.15) is 0 Å². The van der Waals surface area contributed by atoms with E-state index in [9.17, 15) is 14.0 Å². The molecule has 1 aliphatic heterocycles. The Labute approximate surface area is 147 Å². The fourth-order valence-corrected chi connectivity index (χ4v) is 3.16. The summed E-state index contributed by atoms with van der Waals surface area (Å²) in [4.78, 5) is 27.9. The summed E-state index contributed by atoms with van der Waals surface area (Å²) in [6, 6.07) is 4.33. The number of hydrogen-bond acceptors (Lipinski definition) is 4. The second-order valence-electron chi connectivity index (χ2n) is 6.38. The second kappa shape index (κ2) is 8.18. The van der Waals surface area contributed by atoms with Gasteiger partial charge in [0.15, 0.2) is 11.6 Å². The summed E-state index contributed by atoms with van der Waals surface area (Å²) in [5.74, 6) is -0.832. The summed E-state index contributed by atoms with van der Waals surface area (Å²) in [5.41, 5.74) is 0.480. The number of rotatable bonds is 4. The third-order valence-electron chi connectivity index (χ3n) is 4.37. The van der Waals surface area contributed by atoms with Crippen molar-refractivity contribution < 1.29 is 23.5 Å². The third kappa shape index (κ3) is 4.21. The molecule has 1 saturated heterocycles. The number of amides is 2. The fourth-order valence-electron chi connectivity index (χ4n) is 3.16. The second-order valence-corrected chi connectivity index (χ2v) is 6.38. The van der Waals surface area contributed by atoms with Crippen molar-refractivity contribution >= 4 is 17.7 Å². The summed E-state index contributed by atoms with van der Waals surface area (Å²) < 4.78 is 23.7. The molecule has 25 heavy (non-hydrogen) atoms. The lowest BCUT2D eigenvalue weighted by atomic mass is 9.96. The quantitative estimate of drug-likeness (QED) is 0.836. The molecule has 0 saturated carbocycles. The highest BCUT2D eigenvalue weighted by Crippen LogP contribution is 2.28. The van der Waals surface area contributed by atoms with Crippen molar-refractivity contribution in [2.24, 2.45) is 5.92 Å². The van der Waals surface area contributed by atoms with Gasteiger partial charge in [0.05, 0.1) is 20.1 Å². The lowest BCUT2D eigenvalue weighted by Gasteiger charge is -2.36. The van der Waals surface area contributed by atoms with Crippen LogP contribution in [0.3, 0.4) is 0 Å². The van der Waals surface area contributed by atoms with Crippen LogP contribution in [0.1, 0.15) is 26.7 Å². The van der Waals surface area contributed by atoms with Gasteiger partial charge in [-0.1, -0.05) is 0 Å². The van der Waals surface area contributed by atoms with Gasteiger partial charge >= 0.3 is 6.09 Å². The van der Waals surface area contributed by atoms with Gasteiger partial charge in [-0.3, -0.25) is 4.79 Å². The predicted octanol–water partition coefficient (Wildman–Crippen LogP) is 3.05. The number of nitrogens with zero attached hydrogens (tertiary/aromatic N) is 2. The molecule has 1 fully saturated rings. The van der Waals surface area contributed by atoms with Crippen molar-refractivity contribution in [3.05, 3.63) is 24.0 Å². The molecular weight excluding hydrogens is 327 g/mol. The van der Waals surface area contributed by atoms with E-state index in [0.717, 1.165) is 6.42 Å². The molecule has 0 radical (unpaired) electrons. The van der Waals surface area contributed by atoms with Gasteiger partial charge in [0, 0.05) is 30.9 Å². The zero-order valence-electron chi connectivity index (χ0n) is 15.1. The van der Waals surface area contributed by atoms with Gasteiger partial charge in [0.2, 0.25) is 5.91 Å². The van der Waals surface area contributed by atoms with Crippen molar-refractivity contribution in [2.45, 2.75) is 32.7 Å². The van der Waals surface area contributed by atoms with Crippen molar-refractivity contribution in [3.63, 3.8) is 0 Å². The molecule has 0 aliphatic carbocycles. The minimum Gasteiger partial charge on any atom is -0.494 e. The molecular formula is C18H25FN2O4. The first-order valence-corrected chi connectivity index (χ1v) is 8.38. The molecule has 7 heteroatoms. The van der Waals surface area contributed by atoms with Crippen molar-refractivity contribution in [3.8, 4) is 5.75 Å². The number of anilines is 1. The Kier molecular flexibility index (Phi) is 6.22. The van der Waals surface area contributed by atoms with Crippen LogP contribution in [0.25, 0.3) is 0 Å². The molecule has 1 heterocycles. The normalized spacial score (nSPS) is 17.4. The smallest absolute Gasteiger partial charge is 0.409 e. The van der Waals surface area contributed by atoms with E-state index in [0.29, 0.717) is 25.2 Å². The van der Waals surface area contributed by atoms with Crippen molar-refractivity contribution in [1.82, 2.24) is 4.90 Å². The summed E-state index contributed by atoms with van der Waals surface area (Å²) in [6.07, 6.45) is 0.992. The minimum absolute atomic E-state index is 0.117. The molecule has 1 unspecified atom stereocenters. The highest BCUT2D eigenvalue weighted by atomic mass is 19.1. The van der Waals surface area contributed by atoms with Gasteiger partial charge in [-0.05, 0) is 38.8 Å². The molecule has 138 valence electrons. The largest absolute Gasteiger partial charge is 0.494 e. The van der Waals surface area contributed by atoms with Gasteiger partial charge in [-0.2, -0.15) is 0 Å². The highest BCUT2D eigenvalue weighted by molar-refractivity contribution is 5.96. The van der Waals surface area contributed by atoms with E-state index in [-0.39, 0.29) is 23.6 Å². The number of halogens is 1. The first kappa shape index (κ1) is 19.0. The molecule has 2 rings (SSSR count). The Hall–Kier alpha value is -2.31. The topological polar surface area (TPSA) is 59.1 Å². The van der Waals surface area contributed by atoms with Crippen LogP contribution in [0.2, 0.25) is 0 Å². The molecule has 1 aromatic carbocycles. The van der Waals surface area contributed by atoms with Crippen LogP contribution in [-0.2, 0) is 9.53 Å². The Bertz CT molecular complexity index is 636. The lowest BCUT2D eigenvalue weighted by Crippen LogP contribution is -2.48. The van der Waals surface area contributed by atoms with Crippen LogP contribution in [0, 0.1) is 11.7 Å². The minimum atomic E-state index is -0.515. The maximum atomic E-state index is 14.1. The Morgan fingerprint density at radius 3 is 2.60 bits per heavy atom. The van der Waals surface area contributed by atoms with Crippen molar-refractivity contribution in [1.29, 1.82) is 0 Å². The number of carbonyl (C=O) groups excluding carboxylic acids is 2. The summed E-state index contributed by atoms with van der Waals surface area (Å²) in [6.45, 7) is 4.64. The Morgan fingerprint density at radius 1 is 1.32 bits per heavy atom. The zero-order valence-corrected chi connectivity index (χ0v) is 15.1. The van der Waals surface area contributed by atoms with Crippen LogP contribution in [0.15, 0.2) is 18.2 Å². The van der Waals surface area contributed by atoms with Crippen LogP contribution in [0.5, 0.6) is 5.75 Å². The highest BCUT2D eigenvalue weighted by Gasteiger charge is 2.33. The average Bonchev–Trinajstić information content (AvgIpc) is 2.61. The predicted molar refractivity (Wildman–Crippen MR) is 92.3 cm³/mol. The monoisotopic (exact) mass is 352 g/mol.